The molecule has 126 valence electrons. The second-order valence-corrected chi connectivity index (χ2v) is 6.11. The van der Waals surface area contributed by atoms with Gasteiger partial charge >= 0.3 is 6.03 Å². The Labute approximate surface area is 140 Å². The van der Waals surface area contributed by atoms with E-state index in [1.807, 2.05) is 19.1 Å². The van der Waals surface area contributed by atoms with Gasteiger partial charge in [-0.15, -0.1) is 0 Å². The molecule has 1 heterocycles. The maximum absolute atomic E-state index is 11.9. The molecule has 1 atom stereocenters. The van der Waals surface area contributed by atoms with Crippen molar-refractivity contribution in [2.24, 2.45) is 11.7 Å². The molecule has 1 saturated heterocycles. The summed E-state index contributed by atoms with van der Waals surface area (Å²) in [5.41, 5.74) is 6.24. The zero-order chi connectivity index (χ0) is 16.8. The lowest BCUT2D eigenvalue weighted by molar-refractivity contribution is -0.121. The number of carbonyl (C=O) groups is 2. The summed E-state index contributed by atoms with van der Waals surface area (Å²) in [4.78, 5) is 24.7. The number of benzene rings is 1. The Balaban J connectivity index is 1.64. The SMILES string of the molecule is Cc1cc(Cl)ccc1OCCCNC(=O)N1CCC(C(N)=O)C1. The number of nitrogens with zero attached hydrogens (tertiary/aromatic N) is 1. The first kappa shape index (κ1) is 17.4. The molecule has 0 spiro atoms. The summed E-state index contributed by atoms with van der Waals surface area (Å²) in [6.45, 7) is 3.93. The number of halogens is 1. The molecular formula is C16H22ClN3O3. The van der Waals surface area contributed by atoms with Crippen molar-refractivity contribution in [2.45, 2.75) is 19.8 Å². The van der Waals surface area contributed by atoms with Crippen LogP contribution < -0.4 is 15.8 Å². The van der Waals surface area contributed by atoms with Crippen molar-refractivity contribution < 1.29 is 14.3 Å². The summed E-state index contributed by atoms with van der Waals surface area (Å²) in [7, 11) is 0. The molecule has 6 nitrogen and oxygen atoms in total. The van der Waals surface area contributed by atoms with Gasteiger partial charge in [0.15, 0.2) is 0 Å². The predicted molar refractivity (Wildman–Crippen MR) is 88.6 cm³/mol. The zero-order valence-corrected chi connectivity index (χ0v) is 13.9. The standard InChI is InChI=1S/C16H22ClN3O3/c1-11-9-13(17)3-4-14(11)23-8-2-6-19-16(22)20-7-5-12(10-20)15(18)21/h3-4,9,12H,2,5-8,10H2,1H3,(H2,18,21)(H,19,22). The molecule has 1 fully saturated rings. The summed E-state index contributed by atoms with van der Waals surface area (Å²) >= 11 is 5.89. The molecule has 0 aromatic heterocycles. The first-order chi connectivity index (χ1) is 11.0. The molecule has 23 heavy (non-hydrogen) atoms. The zero-order valence-electron chi connectivity index (χ0n) is 13.2. The maximum Gasteiger partial charge on any atom is 0.317 e. The van der Waals surface area contributed by atoms with Gasteiger partial charge in [0, 0.05) is 24.7 Å². The quantitative estimate of drug-likeness (QED) is 0.777. The molecule has 1 aliphatic heterocycles. The highest BCUT2D eigenvalue weighted by molar-refractivity contribution is 6.30. The number of urea groups is 1. The molecule has 1 aromatic carbocycles. The van der Waals surface area contributed by atoms with E-state index < -0.39 is 0 Å². The number of likely N-dealkylation sites (tertiary alicyclic amines) is 1. The highest BCUT2D eigenvalue weighted by Gasteiger charge is 2.29. The third-order valence-electron chi connectivity index (χ3n) is 3.87. The van der Waals surface area contributed by atoms with E-state index in [9.17, 15) is 9.59 Å². The number of aryl methyl sites for hydroxylation is 1. The monoisotopic (exact) mass is 339 g/mol. The first-order valence-corrected chi connectivity index (χ1v) is 8.06. The molecule has 0 aliphatic carbocycles. The van der Waals surface area contributed by atoms with Crippen LogP contribution in [0.1, 0.15) is 18.4 Å². The van der Waals surface area contributed by atoms with Gasteiger partial charge in [0.05, 0.1) is 12.5 Å². The van der Waals surface area contributed by atoms with E-state index >= 15 is 0 Å². The number of carbonyl (C=O) groups excluding carboxylic acids is 2. The summed E-state index contributed by atoms with van der Waals surface area (Å²) < 4.78 is 5.66. The van der Waals surface area contributed by atoms with E-state index in [-0.39, 0.29) is 17.9 Å². The number of ether oxygens (including phenoxy) is 1. The average molecular weight is 340 g/mol. The minimum atomic E-state index is -0.341. The smallest absolute Gasteiger partial charge is 0.317 e. The highest BCUT2D eigenvalue weighted by Crippen LogP contribution is 2.21. The van der Waals surface area contributed by atoms with Gasteiger partial charge in [0.2, 0.25) is 5.91 Å². The minimum absolute atomic E-state index is 0.156. The lowest BCUT2D eigenvalue weighted by atomic mass is 10.1. The molecule has 3 amide bonds. The lowest BCUT2D eigenvalue weighted by Gasteiger charge is -2.17. The number of amides is 3. The van der Waals surface area contributed by atoms with Gasteiger partial charge in [0.25, 0.3) is 0 Å². The predicted octanol–water partition coefficient (Wildman–Crippen LogP) is 1.93. The summed E-state index contributed by atoms with van der Waals surface area (Å²) in [6.07, 6.45) is 1.34. The fourth-order valence-electron chi connectivity index (χ4n) is 2.51. The lowest BCUT2D eigenvalue weighted by Crippen LogP contribution is -2.40. The molecule has 7 heteroatoms. The van der Waals surface area contributed by atoms with Gasteiger partial charge in [-0.1, -0.05) is 11.6 Å². The molecule has 3 N–H and O–H groups in total. The molecule has 0 bridgehead atoms. The van der Waals surface area contributed by atoms with Gasteiger partial charge in [0.1, 0.15) is 5.75 Å². The van der Waals surface area contributed by atoms with E-state index in [0.29, 0.717) is 44.1 Å². The number of primary amides is 1. The van der Waals surface area contributed by atoms with Crippen LogP contribution in [0, 0.1) is 12.8 Å². The summed E-state index contributed by atoms with van der Waals surface area (Å²) in [6, 6.07) is 5.32. The van der Waals surface area contributed by atoms with Gasteiger partial charge in [-0.3, -0.25) is 4.79 Å². The van der Waals surface area contributed by atoms with Gasteiger partial charge < -0.3 is 20.7 Å². The van der Waals surface area contributed by atoms with Gasteiger partial charge in [-0.2, -0.15) is 0 Å². The van der Waals surface area contributed by atoms with Crippen molar-refractivity contribution in [3.8, 4) is 5.75 Å². The van der Waals surface area contributed by atoms with Crippen molar-refractivity contribution in [3.63, 3.8) is 0 Å². The van der Waals surface area contributed by atoms with Crippen LogP contribution in [0.15, 0.2) is 18.2 Å². The van der Waals surface area contributed by atoms with E-state index in [0.717, 1.165) is 11.3 Å². The van der Waals surface area contributed by atoms with Crippen molar-refractivity contribution in [3.05, 3.63) is 28.8 Å². The Kier molecular flexibility index (Phi) is 6.10. The fourth-order valence-corrected chi connectivity index (χ4v) is 2.74. The largest absolute Gasteiger partial charge is 0.493 e. The van der Waals surface area contributed by atoms with Crippen LogP contribution in [0.3, 0.4) is 0 Å². The second-order valence-electron chi connectivity index (χ2n) is 5.68. The molecular weight excluding hydrogens is 318 g/mol. The third-order valence-corrected chi connectivity index (χ3v) is 4.10. The number of rotatable bonds is 6. The van der Waals surface area contributed by atoms with Crippen molar-refractivity contribution in [1.82, 2.24) is 10.2 Å². The van der Waals surface area contributed by atoms with Crippen molar-refractivity contribution in [2.75, 3.05) is 26.2 Å². The summed E-state index contributed by atoms with van der Waals surface area (Å²) in [5, 5.41) is 3.51. The number of nitrogens with one attached hydrogen (secondary N) is 1. The maximum atomic E-state index is 11.9. The van der Waals surface area contributed by atoms with Crippen LogP contribution in [0.25, 0.3) is 0 Å². The van der Waals surface area contributed by atoms with Crippen LogP contribution in [-0.4, -0.2) is 43.1 Å². The first-order valence-electron chi connectivity index (χ1n) is 7.68. The Morgan fingerprint density at radius 3 is 2.91 bits per heavy atom. The molecule has 1 aromatic rings. The van der Waals surface area contributed by atoms with Crippen molar-refractivity contribution >= 4 is 23.5 Å². The topological polar surface area (TPSA) is 84.7 Å². The Morgan fingerprint density at radius 1 is 1.48 bits per heavy atom. The van der Waals surface area contributed by atoms with E-state index in [2.05, 4.69) is 5.32 Å². The molecule has 1 aliphatic rings. The average Bonchev–Trinajstić information content (AvgIpc) is 2.99. The normalized spacial score (nSPS) is 17.1. The van der Waals surface area contributed by atoms with Crippen LogP contribution in [0.4, 0.5) is 4.79 Å². The van der Waals surface area contributed by atoms with Crippen LogP contribution >= 0.6 is 11.6 Å². The van der Waals surface area contributed by atoms with E-state index in [1.165, 1.54) is 0 Å². The molecule has 0 radical (unpaired) electrons. The number of hydrogen-bond acceptors (Lipinski definition) is 3. The van der Waals surface area contributed by atoms with Crippen LogP contribution in [0.5, 0.6) is 5.75 Å². The number of nitrogens with two attached hydrogens (primary N) is 1. The Bertz CT molecular complexity index is 580. The molecule has 2 rings (SSSR count). The summed E-state index contributed by atoms with van der Waals surface area (Å²) in [5.74, 6) is 0.230. The highest BCUT2D eigenvalue weighted by atomic mass is 35.5. The minimum Gasteiger partial charge on any atom is -0.493 e. The van der Waals surface area contributed by atoms with Crippen LogP contribution in [-0.2, 0) is 4.79 Å². The van der Waals surface area contributed by atoms with Crippen LogP contribution in [0.2, 0.25) is 5.02 Å². The third kappa shape index (κ3) is 5.03. The van der Waals surface area contributed by atoms with Gasteiger partial charge in [-0.25, -0.2) is 4.79 Å². The molecule has 1 unspecified atom stereocenters. The Morgan fingerprint density at radius 2 is 2.26 bits per heavy atom. The fraction of sp³-hybridized carbons (Fsp3) is 0.500. The van der Waals surface area contributed by atoms with Gasteiger partial charge in [-0.05, 0) is 43.5 Å². The Hall–Kier alpha value is -1.95. The van der Waals surface area contributed by atoms with E-state index in [1.54, 1.807) is 11.0 Å². The number of hydrogen-bond donors (Lipinski definition) is 2. The molecule has 0 saturated carbocycles. The second kappa shape index (κ2) is 8.06. The van der Waals surface area contributed by atoms with E-state index in [4.69, 9.17) is 22.1 Å². The van der Waals surface area contributed by atoms with Crippen molar-refractivity contribution in [1.29, 1.82) is 0 Å².